The van der Waals surface area contributed by atoms with Gasteiger partial charge in [-0.2, -0.15) is 0 Å². The molecule has 2 N–H and O–H groups in total. The van der Waals surface area contributed by atoms with Crippen molar-refractivity contribution in [1.82, 2.24) is 15.3 Å². The normalized spacial score (nSPS) is 21.2. The molecule has 1 saturated heterocycles. The molecule has 0 radical (unpaired) electrons. The maximum absolute atomic E-state index is 4.34. The van der Waals surface area contributed by atoms with E-state index in [-0.39, 0.29) is 5.41 Å². The van der Waals surface area contributed by atoms with Gasteiger partial charge in [0, 0.05) is 24.1 Å². The van der Waals surface area contributed by atoms with E-state index in [1.54, 1.807) is 6.33 Å². The van der Waals surface area contributed by atoms with Gasteiger partial charge in [0.15, 0.2) is 0 Å². The summed E-state index contributed by atoms with van der Waals surface area (Å²) < 4.78 is 0. The molecule has 4 heteroatoms. The lowest BCUT2D eigenvalue weighted by atomic mass is 9.92. The number of rotatable bonds is 2. The van der Waals surface area contributed by atoms with E-state index in [4.69, 9.17) is 0 Å². The molecule has 0 bridgehead atoms. The fraction of sp³-hybridized carbons (Fsp3) is 0.692. The summed E-state index contributed by atoms with van der Waals surface area (Å²) in [5.41, 5.74) is 1.16. The molecule has 2 heterocycles. The quantitative estimate of drug-likeness (QED) is 0.821. The molecule has 0 aromatic carbocycles. The summed E-state index contributed by atoms with van der Waals surface area (Å²) in [6.07, 6.45) is 4.09. The van der Waals surface area contributed by atoms with Gasteiger partial charge in [-0.3, -0.25) is 0 Å². The van der Waals surface area contributed by atoms with E-state index in [1.807, 2.05) is 0 Å². The minimum atomic E-state index is 0.0736. The SMILES string of the molecule is CC(C)(C)c1cc(NC2CCCNC2)ncn1. The van der Waals surface area contributed by atoms with E-state index in [0.717, 1.165) is 24.6 Å². The second-order valence-electron chi connectivity index (χ2n) is 5.73. The Balaban J connectivity index is 2.05. The Labute approximate surface area is 103 Å². The van der Waals surface area contributed by atoms with E-state index in [1.165, 1.54) is 12.8 Å². The van der Waals surface area contributed by atoms with Gasteiger partial charge in [0.25, 0.3) is 0 Å². The predicted octanol–water partition coefficient (Wildman–Crippen LogP) is 1.94. The average molecular weight is 234 g/mol. The highest BCUT2D eigenvalue weighted by Crippen LogP contribution is 2.21. The molecule has 1 atom stereocenters. The summed E-state index contributed by atoms with van der Waals surface area (Å²) in [5.74, 6) is 0.943. The molecule has 0 aliphatic carbocycles. The molecular weight excluding hydrogens is 212 g/mol. The zero-order chi connectivity index (χ0) is 12.3. The van der Waals surface area contributed by atoms with Crippen LogP contribution in [0.3, 0.4) is 0 Å². The number of aromatic nitrogens is 2. The van der Waals surface area contributed by atoms with Gasteiger partial charge in [-0.25, -0.2) is 9.97 Å². The van der Waals surface area contributed by atoms with Crippen LogP contribution in [0.4, 0.5) is 5.82 Å². The molecule has 0 spiro atoms. The minimum Gasteiger partial charge on any atom is -0.366 e. The zero-order valence-electron chi connectivity index (χ0n) is 11.0. The monoisotopic (exact) mass is 234 g/mol. The van der Waals surface area contributed by atoms with Crippen molar-refractivity contribution < 1.29 is 0 Å². The largest absolute Gasteiger partial charge is 0.366 e. The molecule has 1 aromatic heterocycles. The number of hydrogen-bond acceptors (Lipinski definition) is 4. The maximum Gasteiger partial charge on any atom is 0.129 e. The van der Waals surface area contributed by atoms with Gasteiger partial charge in [0.2, 0.25) is 0 Å². The highest BCUT2D eigenvalue weighted by molar-refractivity contribution is 5.38. The number of nitrogens with zero attached hydrogens (tertiary/aromatic N) is 2. The summed E-state index contributed by atoms with van der Waals surface area (Å²) in [6, 6.07) is 2.56. The van der Waals surface area contributed by atoms with Crippen LogP contribution in [0.2, 0.25) is 0 Å². The number of piperidine rings is 1. The molecule has 1 fully saturated rings. The van der Waals surface area contributed by atoms with Gasteiger partial charge in [0.05, 0.1) is 5.69 Å². The van der Waals surface area contributed by atoms with E-state index < -0.39 is 0 Å². The first-order valence-electron chi connectivity index (χ1n) is 6.35. The highest BCUT2D eigenvalue weighted by Gasteiger charge is 2.17. The topological polar surface area (TPSA) is 49.8 Å². The molecule has 1 unspecified atom stereocenters. The predicted molar refractivity (Wildman–Crippen MR) is 70.2 cm³/mol. The molecule has 4 nitrogen and oxygen atoms in total. The number of nitrogens with one attached hydrogen (secondary N) is 2. The first kappa shape index (κ1) is 12.3. The van der Waals surface area contributed by atoms with Crippen molar-refractivity contribution in [3.05, 3.63) is 18.1 Å². The smallest absolute Gasteiger partial charge is 0.129 e. The van der Waals surface area contributed by atoms with Gasteiger partial charge >= 0.3 is 0 Å². The van der Waals surface area contributed by atoms with Gasteiger partial charge < -0.3 is 10.6 Å². The van der Waals surface area contributed by atoms with E-state index in [0.29, 0.717) is 6.04 Å². The van der Waals surface area contributed by atoms with Gasteiger partial charge in [-0.05, 0) is 19.4 Å². The lowest BCUT2D eigenvalue weighted by Gasteiger charge is -2.25. The third-order valence-corrected chi connectivity index (χ3v) is 3.08. The Morgan fingerprint density at radius 1 is 1.35 bits per heavy atom. The molecule has 1 aliphatic heterocycles. The van der Waals surface area contributed by atoms with Crippen LogP contribution in [0, 0.1) is 0 Å². The molecule has 1 aliphatic rings. The van der Waals surface area contributed by atoms with Gasteiger partial charge in [0.1, 0.15) is 12.1 Å². The van der Waals surface area contributed by atoms with Crippen LogP contribution in [-0.4, -0.2) is 29.1 Å². The fourth-order valence-electron chi connectivity index (χ4n) is 2.03. The molecule has 1 aromatic rings. The van der Waals surface area contributed by atoms with Crippen LogP contribution in [-0.2, 0) is 5.41 Å². The van der Waals surface area contributed by atoms with Crippen molar-refractivity contribution in [2.75, 3.05) is 18.4 Å². The molecule has 94 valence electrons. The second kappa shape index (κ2) is 5.00. The van der Waals surface area contributed by atoms with Crippen LogP contribution < -0.4 is 10.6 Å². The van der Waals surface area contributed by atoms with Crippen LogP contribution in [0.5, 0.6) is 0 Å². The van der Waals surface area contributed by atoms with Crippen molar-refractivity contribution in [2.45, 2.75) is 45.1 Å². The minimum absolute atomic E-state index is 0.0736. The molecular formula is C13H22N4. The Morgan fingerprint density at radius 3 is 2.82 bits per heavy atom. The van der Waals surface area contributed by atoms with Crippen LogP contribution in [0.15, 0.2) is 12.4 Å². The van der Waals surface area contributed by atoms with Crippen molar-refractivity contribution in [2.24, 2.45) is 0 Å². The molecule has 17 heavy (non-hydrogen) atoms. The van der Waals surface area contributed by atoms with Crippen molar-refractivity contribution in [1.29, 1.82) is 0 Å². The Bertz CT molecular complexity index is 364. The Hall–Kier alpha value is -1.16. The number of hydrogen-bond donors (Lipinski definition) is 2. The second-order valence-corrected chi connectivity index (χ2v) is 5.73. The lowest BCUT2D eigenvalue weighted by molar-refractivity contribution is 0.478. The number of anilines is 1. The zero-order valence-corrected chi connectivity index (χ0v) is 11.0. The first-order valence-corrected chi connectivity index (χ1v) is 6.35. The van der Waals surface area contributed by atoms with Crippen molar-refractivity contribution >= 4 is 5.82 Å². The first-order chi connectivity index (χ1) is 8.05. The summed E-state index contributed by atoms with van der Waals surface area (Å²) in [6.45, 7) is 8.66. The van der Waals surface area contributed by atoms with Gasteiger partial charge in [-0.1, -0.05) is 20.8 Å². The van der Waals surface area contributed by atoms with Crippen molar-refractivity contribution in [3.8, 4) is 0 Å². The van der Waals surface area contributed by atoms with Crippen LogP contribution in [0.25, 0.3) is 0 Å². The van der Waals surface area contributed by atoms with E-state index in [2.05, 4.69) is 47.4 Å². The highest BCUT2D eigenvalue weighted by atomic mass is 15.1. The molecule has 0 saturated carbocycles. The summed E-state index contributed by atoms with van der Waals surface area (Å²) in [7, 11) is 0. The van der Waals surface area contributed by atoms with E-state index >= 15 is 0 Å². The Kier molecular flexibility index (Phi) is 3.62. The standard InChI is InChI=1S/C13H22N4/c1-13(2,3)11-7-12(16-9-15-11)17-10-5-4-6-14-8-10/h7,9-10,14H,4-6,8H2,1-3H3,(H,15,16,17). The van der Waals surface area contributed by atoms with Crippen molar-refractivity contribution in [3.63, 3.8) is 0 Å². The lowest BCUT2D eigenvalue weighted by Crippen LogP contribution is -2.38. The molecule has 0 amide bonds. The summed E-state index contributed by atoms with van der Waals surface area (Å²) in [5, 5.41) is 6.87. The summed E-state index contributed by atoms with van der Waals surface area (Å²) >= 11 is 0. The van der Waals surface area contributed by atoms with Crippen LogP contribution >= 0.6 is 0 Å². The summed E-state index contributed by atoms with van der Waals surface area (Å²) in [4.78, 5) is 8.63. The fourth-order valence-corrected chi connectivity index (χ4v) is 2.03. The third-order valence-electron chi connectivity index (χ3n) is 3.08. The van der Waals surface area contributed by atoms with E-state index in [9.17, 15) is 0 Å². The molecule has 2 rings (SSSR count). The van der Waals surface area contributed by atoms with Crippen LogP contribution in [0.1, 0.15) is 39.3 Å². The maximum atomic E-state index is 4.34. The third kappa shape index (κ3) is 3.40. The Morgan fingerprint density at radius 2 is 2.18 bits per heavy atom. The van der Waals surface area contributed by atoms with Gasteiger partial charge in [-0.15, -0.1) is 0 Å². The average Bonchev–Trinajstić information content (AvgIpc) is 2.29.